The van der Waals surface area contributed by atoms with Crippen molar-refractivity contribution in [2.75, 3.05) is 5.32 Å². The van der Waals surface area contributed by atoms with Crippen molar-refractivity contribution in [1.82, 2.24) is 4.98 Å². The number of amides is 1. The van der Waals surface area contributed by atoms with Crippen molar-refractivity contribution < 1.29 is 24.1 Å². The molecule has 1 amide bonds. The number of halogens is 3. The lowest BCUT2D eigenvalue weighted by Crippen LogP contribution is -2.37. The van der Waals surface area contributed by atoms with Gasteiger partial charge in [0.05, 0.1) is 23.7 Å². The number of carbonyl (C=O) groups is 1. The van der Waals surface area contributed by atoms with E-state index in [-0.39, 0.29) is 31.1 Å². The van der Waals surface area contributed by atoms with E-state index in [1.807, 2.05) is 12.1 Å². The zero-order valence-electron chi connectivity index (χ0n) is 15.1. The number of hydrogen-bond acceptors (Lipinski definition) is 3. The van der Waals surface area contributed by atoms with Crippen molar-refractivity contribution in [1.29, 1.82) is 0 Å². The summed E-state index contributed by atoms with van der Waals surface area (Å²) < 4.78 is 45.1. The van der Waals surface area contributed by atoms with Crippen LogP contribution in [0.15, 0.2) is 48.8 Å². The van der Waals surface area contributed by atoms with E-state index in [0.29, 0.717) is 17.8 Å². The van der Waals surface area contributed by atoms with Crippen LogP contribution < -0.4 is 5.32 Å². The fraction of sp³-hybridized carbons (Fsp3) is 0.429. The second-order valence-corrected chi connectivity index (χ2v) is 7.98. The maximum absolute atomic E-state index is 13.1. The molecule has 2 saturated heterocycles. The van der Waals surface area contributed by atoms with E-state index in [4.69, 9.17) is 4.74 Å². The van der Waals surface area contributed by atoms with Crippen LogP contribution >= 0.6 is 0 Å². The van der Waals surface area contributed by atoms with Crippen LogP contribution in [0, 0.1) is 23.7 Å². The first-order chi connectivity index (χ1) is 13.4. The van der Waals surface area contributed by atoms with Crippen molar-refractivity contribution in [2.24, 2.45) is 23.7 Å². The van der Waals surface area contributed by atoms with Crippen LogP contribution in [0.4, 0.5) is 18.9 Å². The highest BCUT2D eigenvalue weighted by Crippen LogP contribution is 2.68. The van der Waals surface area contributed by atoms with Crippen LogP contribution in [0.25, 0.3) is 0 Å². The van der Waals surface area contributed by atoms with Gasteiger partial charge in [-0.3, -0.25) is 9.78 Å². The van der Waals surface area contributed by atoms with Crippen LogP contribution in [0.3, 0.4) is 0 Å². The second kappa shape index (κ2) is 6.04. The van der Waals surface area contributed by atoms with E-state index in [1.165, 1.54) is 12.1 Å². The summed E-state index contributed by atoms with van der Waals surface area (Å²) in [5.41, 5.74) is 0.358. The third-order valence-corrected chi connectivity index (χ3v) is 6.54. The van der Waals surface area contributed by atoms with Gasteiger partial charge in [0.1, 0.15) is 0 Å². The maximum atomic E-state index is 13.1. The Bertz CT molecular complexity index is 924. The predicted molar refractivity (Wildman–Crippen MR) is 97.5 cm³/mol. The first-order valence-electron chi connectivity index (χ1n) is 9.40. The Morgan fingerprint density at radius 2 is 1.86 bits per heavy atom. The molecule has 0 radical (unpaired) electrons. The quantitative estimate of drug-likeness (QED) is 0.848. The standard InChI is InChI=1S/C21H19F3N2O2.H2/c1-10-14-15(10)19-17(16(18(14)28-19)11-5-7-25-8-6-11)20(27)26-13-4-2-3-12(9-13)21(22,23)24;/h2-10,14-19H,1H3,(H,26,27);1H/t10?,14?,15?,16-,17-,18+,19-;/m1./s1. The number of aromatic nitrogens is 1. The van der Waals surface area contributed by atoms with Crippen LogP contribution in [0.5, 0.6) is 0 Å². The number of hydrogen-bond donors (Lipinski definition) is 1. The minimum absolute atomic E-state index is 0. The number of pyridine rings is 1. The first kappa shape index (κ1) is 17.7. The van der Waals surface area contributed by atoms with Crippen molar-refractivity contribution in [3.05, 3.63) is 59.9 Å². The average molecular weight is 390 g/mol. The molecular weight excluding hydrogens is 369 g/mol. The molecule has 7 heteroatoms. The summed E-state index contributed by atoms with van der Waals surface area (Å²) in [5.74, 6) is 0.518. The van der Waals surface area contributed by atoms with E-state index < -0.39 is 17.7 Å². The van der Waals surface area contributed by atoms with E-state index in [1.54, 1.807) is 12.4 Å². The lowest BCUT2D eigenvalue weighted by Gasteiger charge is -2.27. The lowest BCUT2D eigenvalue weighted by atomic mass is 9.75. The molecule has 0 spiro atoms. The maximum Gasteiger partial charge on any atom is 0.416 e. The molecule has 1 aromatic carbocycles. The molecule has 2 aliphatic heterocycles. The Morgan fingerprint density at radius 1 is 1.14 bits per heavy atom. The summed E-state index contributed by atoms with van der Waals surface area (Å²) >= 11 is 0. The van der Waals surface area contributed by atoms with Gasteiger partial charge in [-0.25, -0.2) is 0 Å². The number of nitrogens with one attached hydrogen (secondary N) is 1. The molecule has 4 nitrogen and oxygen atoms in total. The van der Waals surface area contributed by atoms with Crippen LogP contribution in [-0.4, -0.2) is 23.1 Å². The summed E-state index contributed by atoms with van der Waals surface area (Å²) in [5, 5.41) is 2.70. The van der Waals surface area contributed by atoms with Crippen molar-refractivity contribution >= 4 is 11.6 Å². The van der Waals surface area contributed by atoms with Crippen LogP contribution in [-0.2, 0) is 15.7 Å². The highest BCUT2D eigenvalue weighted by Gasteiger charge is 2.72. The number of nitrogens with zero attached hydrogens (tertiary/aromatic N) is 1. The molecule has 5 rings (SSSR count). The van der Waals surface area contributed by atoms with E-state index in [2.05, 4.69) is 17.2 Å². The molecule has 148 valence electrons. The molecule has 2 bridgehead atoms. The van der Waals surface area contributed by atoms with Gasteiger partial charge in [0.15, 0.2) is 0 Å². The zero-order valence-corrected chi connectivity index (χ0v) is 15.1. The summed E-state index contributed by atoms with van der Waals surface area (Å²) in [6.07, 6.45) is -1.28. The van der Waals surface area contributed by atoms with Gasteiger partial charge in [0, 0.05) is 25.4 Å². The summed E-state index contributed by atoms with van der Waals surface area (Å²) in [6.45, 7) is 2.18. The number of rotatable bonds is 3. The molecular formula is C21H21F3N2O2. The van der Waals surface area contributed by atoms with Crippen molar-refractivity contribution in [2.45, 2.75) is 31.2 Å². The molecule has 3 unspecified atom stereocenters. The van der Waals surface area contributed by atoms with Crippen LogP contribution in [0.1, 0.15) is 25.4 Å². The van der Waals surface area contributed by atoms with Gasteiger partial charge in [0.25, 0.3) is 0 Å². The Hall–Kier alpha value is -2.41. The van der Waals surface area contributed by atoms with Gasteiger partial charge in [-0.05, 0) is 53.6 Å². The molecule has 3 aliphatic rings. The predicted octanol–water partition coefficient (Wildman–Crippen LogP) is 4.35. The molecule has 2 aromatic rings. The molecule has 1 aromatic heterocycles. The third-order valence-electron chi connectivity index (χ3n) is 6.54. The van der Waals surface area contributed by atoms with Crippen LogP contribution in [0.2, 0.25) is 0 Å². The van der Waals surface area contributed by atoms with Gasteiger partial charge in [0.2, 0.25) is 5.91 Å². The molecule has 3 fully saturated rings. The smallest absolute Gasteiger partial charge is 0.373 e. The molecule has 1 N–H and O–H groups in total. The van der Waals surface area contributed by atoms with Crippen molar-refractivity contribution in [3.63, 3.8) is 0 Å². The van der Waals surface area contributed by atoms with Gasteiger partial charge < -0.3 is 10.1 Å². The Labute approximate surface area is 161 Å². The van der Waals surface area contributed by atoms with Gasteiger partial charge in [-0.1, -0.05) is 13.0 Å². The topological polar surface area (TPSA) is 51.2 Å². The zero-order chi connectivity index (χ0) is 19.6. The molecule has 7 atom stereocenters. The van der Waals surface area contributed by atoms with E-state index in [9.17, 15) is 18.0 Å². The van der Waals surface area contributed by atoms with Crippen molar-refractivity contribution in [3.8, 4) is 0 Å². The number of alkyl halides is 3. The monoisotopic (exact) mass is 390 g/mol. The number of fused-ring (bicyclic) bond motifs is 5. The first-order valence-corrected chi connectivity index (χ1v) is 9.40. The fourth-order valence-corrected chi connectivity index (χ4v) is 5.28. The minimum Gasteiger partial charge on any atom is -0.373 e. The lowest BCUT2D eigenvalue weighted by molar-refractivity contribution is -0.137. The molecule has 1 saturated carbocycles. The third kappa shape index (κ3) is 2.64. The number of anilines is 1. The Morgan fingerprint density at radius 3 is 2.57 bits per heavy atom. The molecule has 1 aliphatic carbocycles. The highest BCUT2D eigenvalue weighted by molar-refractivity contribution is 5.94. The molecule has 3 heterocycles. The minimum atomic E-state index is -4.45. The highest BCUT2D eigenvalue weighted by atomic mass is 19.4. The number of carbonyl (C=O) groups excluding carboxylic acids is 1. The number of ether oxygens (including phenoxy) is 1. The largest absolute Gasteiger partial charge is 0.416 e. The van der Waals surface area contributed by atoms with E-state index >= 15 is 0 Å². The van der Waals surface area contributed by atoms with Gasteiger partial charge >= 0.3 is 6.18 Å². The Kier molecular flexibility index (Phi) is 3.81. The van der Waals surface area contributed by atoms with Gasteiger partial charge in [-0.2, -0.15) is 13.2 Å². The van der Waals surface area contributed by atoms with Gasteiger partial charge in [-0.15, -0.1) is 0 Å². The normalized spacial score (nSPS) is 35.5. The average Bonchev–Trinajstić information content (AvgIpc) is 3.03. The number of benzene rings is 1. The summed E-state index contributed by atoms with van der Waals surface area (Å²) in [4.78, 5) is 17.2. The summed E-state index contributed by atoms with van der Waals surface area (Å²) in [6, 6.07) is 8.52. The summed E-state index contributed by atoms with van der Waals surface area (Å²) in [7, 11) is 0. The fourth-order valence-electron chi connectivity index (χ4n) is 5.28. The van der Waals surface area contributed by atoms with E-state index in [0.717, 1.165) is 17.7 Å². The second-order valence-electron chi connectivity index (χ2n) is 7.98. The Balaban J connectivity index is 0.00000205. The molecule has 28 heavy (non-hydrogen) atoms. The SMILES string of the molecule is CC1C2C1[C@@H]1O[C@H]2[C@H](C(=O)Nc2cccc(C(F)(F)F)c2)[C@H]1c1ccncc1.[HH].